The molecule has 2 fully saturated rings. The highest BCUT2D eigenvalue weighted by Gasteiger charge is 2.35. The summed E-state index contributed by atoms with van der Waals surface area (Å²) in [6.45, 7) is 5.92. The molecular formula is C16H21ClN2O2. The summed E-state index contributed by atoms with van der Waals surface area (Å²) in [5.74, 6) is 0.447. The zero-order chi connectivity index (χ0) is 15.0. The maximum atomic E-state index is 12.9. The minimum Gasteiger partial charge on any atom is -0.379 e. The lowest BCUT2D eigenvalue weighted by Gasteiger charge is -2.30. The molecule has 2 saturated heterocycles. The fraction of sp³-hybridized carbons (Fsp3) is 0.562. The van der Waals surface area contributed by atoms with E-state index >= 15 is 0 Å². The van der Waals surface area contributed by atoms with Crippen LogP contribution in [0.2, 0.25) is 5.02 Å². The fourth-order valence-electron chi connectivity index (χ4n) is 3.35. The molecule has 1 aromatic carbocycles. The van der Waals surface area contributed by atoms with E-state index in [1.807, 2.05) is 24.0 Å². The Labute approximate surface area is 130 Å². The van der Waals surface area contributed by atoms with Crippen LogP contribution in [0.3, 0.4) is 0 Å². The van der Waals surface area contributed by atoms with Crippen LogP contribution < -0.4 is 0 Å². The van der Waals surface area contributed by atoms with E-state index in [-0.39, 0.29) is 11.9 Å². The van der Waals surface area contributed by atoms with Gasteiger partial charge >= 0.3 is 0 Å². The van der Waals surface area contributed by atoms with Crippen LogP contribution in [0.15, 0.2) is 18.2 Å². The largest absolute Gasteiger partial charge is 0.379 e. The van der Waals surface area contributed by atoms with E-state index in [1.54, 1.807) is 6.07 Å². The number of carbonyl (C=O) groups excluding carboxylic acids is 1. The van der Waals surface area contributed by atoms with Crippen LogP contribution >= 0.6 is 11.6 Å². The molecule has 0 N–H and O–H groups in total. The summed E-state index contributed by atoms with van der Waals surface area (Å²) in [4.78, 5) is 17.2. The average Bonchev–Trinajstić information content (AvgIpc) is 2.66. The average molecular weight is 309 g/mol. The number of carbonyl (C=O) groups is 1. The monoisotopic (exact) mass is 308 g/mol. The van der Waals surface area contributed by atoms with Crippen LogP contribution in [0.1, 0.15) is 15.9 Å². The number of hydrogen-bond acceptors (Lipinski definition) is 3. The number of hydrogen-bond donors (Lipinski definition) is 0. The predicted molar refractivity (Wildman–Crippen MR) is 82.8 cm³/mol. The zero-order valence-electron chi connectivity index (χ0n) is 12.5. The Morgan fingerprint density at radius 1 is 1.24 bits per heavy atom. The molecule has 0 unspecified atom stereocenters. The van der Waals surface area contributed by atoms with Crippen molar-refractivity contribution in [3.8, 4) is 0 Å². The minimum atomic E-state index is 0.0661. The second-order valence-corrected chi connectivity index (χ2v) is 6.69. The van der Waals surface area contributed by atoms with E-state index in [2.05, 4.69) is 11.9 Å². The molecule has 0 radical (unpaired) electrons. The van der Waals surface area contributed by atoms with E-state index in [4.69, 9.17) is 16.3 Å². The summed E-state index contributed by atoms with van der Waals surface area (Å²) in [6, 6.07) is 5.66. The Balaban J connectivity index is 1.89. The number of benzene rings is 1. The molecular weight excluding hydrogens is 288 g/mol. The molecule has 2 aliphatic heterocycles. The lowest BCUT2D eigenvalue weighted by atomic mass is 10.1. The summed E-state index contributed by atoms with van der Waals surface area (Å²) >= 11 is 6.10. The van der Waals surface area contributed by atoms with Gasteiger partial charge in [0.15, 0.2) is 0 Å². The van der Waals surface area contributed by atoms with Crippen molar-refractivity contribution in [3.63, 3.8) is 0 Å². The maximum Gasteiger partial charge on any atom is 0.254 e. The number of nitrogens with zero attached hydrogens (tertiary/aromatic N) is 2. The van der Waals surface area contributed by atoms with Gasteiger partial charge in [-0.05, 0) is 37.7 Å². The molecule has 1 aromatic rings. The van der Waals surface area contributed by atoms with E-state index in [9.17, 15) is 4.79 Å². The highest BCUT2D eigenvalue weighted by Crippen LogP contribution is 2.23. The summed E-state index contributed by atoms with van der Waals surface area (Å²) < 4.78 is 5.73. The standard InChI is InChI=1S/C16H21ClN2O2/c1-11-3-13(5-14(17)4-11)16(20)19-7-12-6-18(2)8-15(19)10-21-9-12/h3-5,12,15H,6-10H2,1-2H3/t12-,15-/m0/s1. The lowest BCUT2D eigenvalue weighted by molar-refractivity contribution is 0.0483. The van der Waals surface area contributed by atoms with Gasteiger partial charge in [-0.25, -0.2) is 0 Å². The Hall–Kier alpha value is -1.10. The van der Waals surface area contributed by atoms with Gasteiger partial charge in [0, 0.05) is 36.1 Å². The SMILES string of the molecule is Cc1cc(Cl)cc(C(=O)N2C[C@H]3COC[C@@H]2CN(C)C3)c1. The first kappa shape index (κ1) is 14.8. The van der Waals surface area contributed by atoms with Crippen molar-refractivity contribution in [2.45, 2.75) is 13.0 Å². The number of rotatable bonds is 1. The van der Waals surface area contributed by atoms with Crippen molar-refractivity contribution in [2.24, 2.45) is 5.92 Å². The molecule has 21 heavy (non-hydrogen) atoms. The predicted octanol–water partition coefficient (Wildman–Crippen LogP) is 2.05. The number of halogens is 1. The maximum absolute atomic E-state index is 12.9. The molecule has 1 amide bonds. The summed E-state index contributed by atoms with van der Waals surface area (Å²) in [5.41, 5.74) is 1.69. The van der Waals surface area contributed by atoms with Crippen molar-refractivity contribution in [2.75, 3.05) is 39.9 Å². The molecule has 2 aliphatic rings. The topological polar surface area (TPSA) is 32.8 Å². The van der Waals surface area contributed by atoms with Gasteiger partial charge in [0.2, 0.25) is 0 Å². The molecule has 2 atom stereocenters. The highest BCUT2D eigenvalue weighted by molar-refractivity contribution is 6.31. The van der Waals surface area contributed by atoms with E-state index in [1.165, 1.54) is 0 Å². The number of amides is 1. The molecule has 0 saturated carbocycles. The first-order valence-corrected chi connectivity index (χ1v) is 7.75. The normalized spacial score (nSPS) is 26.5. The van der Waals surface area contributed by atoms with Gasteiger partial charge in [0.05, 0.1) is 19.3 Å². The van der Waals surface area contributed by atoms with Crippen LogP contribution in [0.4, 0.5) is 0 Å². The van der Waals surface area contributed by atoms with Gasteiger partial charge in [-0.15, -0.1) is 0 Å². The molecule has 114 valence electrons. The van der Waals surface area contributed by atoms with Crippen LogP contribution in [0.25, 0.3) is 0 Å². The van der Waals surface area contributed by atoms with Crippen LogP contribution in [-0.4, -0.2) is 61.6 Å². The lowest BCUT2D eigenvalue weighted by Crippen LogP contribution is -2.46. The van der Waals surface area contributed by atoms with Gasteiger partial charge in [-0.1, -0.05) is 11.6 Å². The highest BCUT2D eigenvalue weighted by atomic mass is 35.5. The molecule has 4 nitrogen and oxygen atoms in total. The zero-order valence-corrected chi connectivity index (χ0v) is 13.3. The first-order chi connectivity index (χ1) is 10.0. The number of likely N-dealkylation sites (N-methyl/N-ethyl adjacent to an activating group) is 1. The van der Waals surface area contributed by atoms with E-state index < -0.39 is 0 Å². The third kappa shape index (κ3) is 3.23. The van der Waals surface area contributed by atoms with Crippen LogP contribution in [-0.2, 0) is 4.74 Å². The Morgan fingerprint density at radius 2 is 2.05 bits per heavy atom. The van der Waals surface area contributed by atoms with E-state index in [0.29, 0.717) is 23.1 Å². The molecule has 2 heterocycles. The molecule has 0 aromatic heterocycles. The second kappa shape index (κ2) is 5.95. The van der Waals surface area contributed by atoms with Gasteiger partial charge in [0.1, 0.15) is 0 Å². The van der Waals surface area contributed by atoms with Gasteiger partial charge in [-0.2, -0.15) is 0 Å². The number of fused-ring (bicyclic) bond motifs is 3. The Kier molecular flexibility index (Phi) is 4.20. The van der Waals surface area contributed by atoms with Gasteiger partial charge in [0.25, 0.3) is 5.91 Å². The summed E-state index contributed by atoms with van der Waals surface area (Å²) in [5, 5.41) is 0.615. The first-order valence-electron chi connectivity index (χ1n) is 7.37. The Morgan fingerprint density at radius 3 is 2.81 bits per heavy atom. The molecule has 0 aliphatic carbocycles. The summed E-state index contributed by atoms with van der Waals surface area (Å²) in [7, 11) is 2.11. The van der Waals surface area contributed by atoms with Crippen LogP contribution in [0, 0.1) is 12.8 Å². The fourth-order valence-corrected chi connectivity index (χ4v) is 3.64. The van der Waals surface area contributed by atoms with Crippen molar-refractivity contribution in [3.05, 3.63) is 34.3 Å². The quantitative estimate of drug-likeness (QED) is 0.796. The Bertz CT molecular complexity index is 529. The molecule has 0 spiro atoms. The second-order valence-electron chi connectivity index (χ2n) is 6.25. The van der Waals surface area contributed by atoms with Gasteiger partial charge in [-0.3, -0.25) is 4.79 Å². The molecule has 3 rings (SSSR count). The third-order valence-electron chi connectivity index (χ3n) is 4.20. The third-order valence-corrected chi connectivity index (χ3v) is 4.42. The minimum absolute atomic E-state index is 0.0661. The number of aryl methyl sites for hydroxylation is 1. The smallest absolute Gasteiger partial charge is 0.254 e. The van der Waals surface area contributed by atoms with Crippen molar-refractivity contribution >= 4 is 17.5 Å². The number of ether oxygens (including phenoxy) is 1. The molecule has 2 bridgehead atoms. The van der Waals surface area contributed by atoms with Crippen molar-refractivity contribution in [1.29, 1.82) is 0 Å². The van der Waals surface area contributed by atoms with Gasteiger partial charge < -0.3 is 14.5 Å². The van der Waals surface area contributed by atoms with E-state index in [0.717, 1.165) is 31.8 Å². The molecule has 5 heteroatoms. The summed E-state index contributed by atoms with van der Waals surface area (Å²) in [6.07, 6.45) is 0. The van der Waals surface area contributed by atoms with Crippen LogP contribution in [0.5, 0.6) is 0 Å². The van der Waals surface area contributed by atoms with Crippen molar-refractivity contribution in [1.82, 2.24) is 9.80 Å². The van der Waals surface area contributed by atoms with Crippen molar-refractivity contribution < 1.29 is 9.53 Å².